The summed E-state index contributed by atoms with van der Waals surface area (Å²) < 4.78 is 0. The lowest BCUT2D eigenvalue weighted by molar-refractivity contribution is -0.142. The average Bonchev–Trinajstić information content (AvgIpc) is 2.92. The quantitative estimate of drug-likeness (QED) is 0.811. The molecule has 0 bridgehead atoms. The van der Waals surface area contributed by atoms with Gasteiger partial charge in [-0.3, -0.25) is 14.9 Å². The van der Waals surface area contributed by atoms with Crippen molar-refractivity contribution in [2.45, 2.75) is 32.6 Å². The Hall–Kier alpha value is -1.88. The van der Waals surface area contributed by atoms with Gasteiger partial charge >= 0.3 is 6.03 Å². The predicted octanol–water partition coefficient (Wildman–Crippen LogP) is 2.79. The highest BCUT2D eigenvalue weighted by Crippen LogP contribution is 2.43. The molecule has 6 heteroatoms. The van der Waals surface area contributed by atoms with E-state index in [1.165, 1.54) is 0 Å². The number of carbonyl (C=O) groups excluding carboxylic acids is 3. The fourth-order valence-electron chi connectivity index (χ4n) is 3.15. The molecule has 2 aliphatic rings. The summed E-state index contributed by atoms with van der Waals surface area (Å²) in [7, 11) is 0. The first-order valence-electron chi connectivity index (χ1n) is 6.92. The number of hydrogen-bond acceptors (Lipinski definition) is 3. The zero-order valence-corrected chi connectivity index (χ0v) is 12.4. The molecule has 1 N–H and O–H groups in total. The molecule has 0 aromatic heterocycles. The third-order valence-corrected chi connectivity index (χ3v) is 4.82. The fraction of sp³-hybridized carbons (Fsp3) is 0.400. The molecule has 1 saturated heterocycles. The Morgan fingerprint density at radius 1 is 1.19 bits per heavy atom. The maximum Gasteiger partial charge on any atom is 0.335 e. The third kappa shape index (κ3) is 1.95. The van der Waals surface area contributed by atoms with E-state index in [2.05, 4.69) is 5.32 Å². The molecule has 1 aliphatic carbocycles. The SMILES string of the molecule is Cc1c(Cl)cccc1N1C(=O)NC(=O)C2(CCCC2)C1=O. The Labute approximate surface area is 127 Å². The Bertz CT molecular complexity index is 650. The van der Waals surface area contributed by atoms with Gasteiger partial charge in [0.2, 0.25) is 5.91 Å². The van der Waals surface area contributed by atoms with Crippen molar-refractivity contribution in [3.05, 3.63) is 28.8 Å². The third-order valence-electron chi connectivity index (χ3n) is 4.41. The lowest BCUT2D eigenvalue weighted by Crippen LogP contribution is -2.63. The summed E-state index contributed by atoms with van der Waals surface area (Å²) in [5.74, 6) is -0.898. The van der Waals surface area contributed by atoms with E-state index in [4.69, 9.17) is 11.6 Å². The smallest absolute Gasteiger partial charge is 0.276 e. The van der Waals surface area contributed by atoms with Crippen LogP contribution in [-0.2, 0) is 9.59 Å². The molecule has 0 atom stereocenters. The molecular formula is C15H15ClN2O3. The first-order chi connectivity index (χ1) is 9.97. The van der Waals surface area contributed by atoms with E-state index in [1.54, 1.807) is 25.1 Å². The highest BCUT2D eigenvalue weighted by atomic mass is 35.5. The maximum absolute atomic E-state index is 12.8. The van der Waals surface area contributed by atoms with E-state index in [1.807, 2.05) is 0 Å². The minimum atomic E-state index is -1.09. The molecule has 3 rings (SSSR count). The predicted molar refractivity (Wildman–Crippen MR) is 78.1 cm³/mol. The molecule has 1 aliphatic heterocycles. The molecular weight excluding hydrogens is 292 g/mol. The number of rotatable bonds is 1. The molecule has 1 heterocycles. The van der Waals surface area contributed by atoms with Gasteiger partial charge in [-0.05, 0) is 37.5 Å². The lowest BCUT2D eigenvalue weighted by atomic mass is 9.82. The van der Waals surface area contributed by atoms with Gasteiger partial charge in [-0.15, -0.1) is 0 Å². The van der Waals surface area contributed by atoms with Gasteiger partial charge in [0.1, 0.15) is 5.41 Å². The van der Waals surface area contributed by atoms with Gasteiger partial charge in [-0.25, -0.2) is 9.69 Å². The second kappa shape index (κ2) is 4.84. The van der Waals surface area contributed by atoms with Crippen molar-refractivity contribution in [3.8, 4) is 0 Å². The van der Waals surface area contributed by atoms with E-state index in [-0.39, 0.29) is 0 Å². The van der Waals surface area contributed by atoms with Crippen LogP contribution in [0.15, 0.2) is 18.2 Å². The van der Waals surface area contributed by atoms with Crippen molar-refractivity contribution < 1.29 is 14.4 Å². The number of nitrogens with one attached hydrogen (secondary N) is 1. The van der Waals surface area contributed by atoms with Gasteiger partial charge in [0.15, 0.2) is 0 Å². The number of carbonyl (C=O) groups is 3. The van der Waals surface area contributed by atoms with Crippen molar-refractivity contribution >= 4 is 35.1 Å². The average molecular weight is 307 g/mol. The van der Waals surface area contributed by atoms with E-state index < -0.39 is 23.3 Å². The number of urea groups is 1. The second-order valence-electron chi connectivity index (χ2n) is 5.57. The monoisotopic (exact) mass is 306 g/mol. The zero-order chi connectivity index (χ0) is 15.2. The number of barbiturate groups is 1. The van der Waals surface area contributed by atoms with Gasteiger partial charge in [0.25, 0.3) is 5.91 Å². The Morgan fingerprint density at radius 3 is 2.52 bits per heavy atom. The van der Waals surface area contributed by atoms with Crippen LogP contribution in [0.5, 0.6) is 0 Å². The Balaban J connectivity index is 2.09. The van der Waals surface area contributed by atoms with Gasteiger partial charge in [-0.1, -0.05) is 30.5 Å². The minimum absolute atomic E-state index is 0.431. The van der Waals surface area contributed by atoms with E-state index in [9.17, 15) is 14.4 Å². The van der Waals surface area contributed by atoms with Crippen LogP contribution in [0.25, 0.3) is 0 Å². The molecule has 5 nitrogen and oxygen atoms in total. The minimum Gasteiger partial charge on any atom is -0.276 e. The van der Waals surface area contributed by atoms with Crippen molar-refractivity contribution in [1.82, 2.24) is 5.32 Å². The summed E-state index contributed by atoms with van der Waals surface area (Å²) in [5, 5.41) is 2.80. The van der Waals surface area contributed by atoms with Crippen LogP contribution in [0.1, 0.15) is 31.2 Å². The largest absolute Gasteiger partial charge is 0.335 e. The van der Waals surface area contributed by atoms with E-state index in [0.717, 1.165) is 17.7 Å². The van der Waals surface area contributed by atoms with Crippen LogP contribution in [0.4, 0.5) is 10.5 Å². The van der Waals surface area contributed by atoms with Crippen LogP contribution in [-0.4, -0.2) is 17.8 Å². The van der Waals surface area contributed by atoms with Gasteiger partial charge in [0, 0.05) is 5.02 Å². The van der Waals surface area contributed by atoms with Crippen LogP contribution >= 0.6 is 11.6 Å². The fourth-order valence-corrected chi connectivity index (χ4v) is 3.32. The van der Waals surface area contributed by atoms with Crippen molar-refractivity contribution in [1.29, 1.82) is 0 Å². The van der Waals surface area contributed by atoms with Crippen molar-refractivity contribution in [2.75, 3.05) is 4.90 Å². The molecule has 21 heavy (non-hydrogen) atoms. The van der Waals surface area contributed by atoms with Gasteiger partial charge in [0.05, 0.1) is 5.69 Å². The first-order valence-corrected chi connectivity index (χ1v) is 7.30. The van der Waals surface area contributed by atoms with Crippen LogP contribution in [0.2, 0.25) is 5.02 Å². The summed E-state index contributed by atoms with van der Waals surface area (Å²) in [6.45, 7) is 1.75. The van der Waals surface area contributed by atoms with E-state index in [0.29, 0.717) is 29.1 Å². The van der Waals surface area contributed by atoms with Crippen LogP contribution in [0, 0.1) is 12.3 Å². The van der Waals surface area contributed by atoms with Gasteiger partial charge < -0.3 is 0 Å². The summed E-state index contributed by atoms with van der Waals surface area (Å²) in [5.41, 5.74) is -0.0169. The number of anilines is 1. The normalized spacial score (nSPS) is 21.0. The number of hydrogen-bond donors (Lipinski definition) is 1. The van der Waals surface area contributed by atoms with Crippen LogP contribution in [0.3, 0.4) is 0 Å². The number of nitrogens with zero attached hydrogens (tertiary/aromatic N) is 1. The molecule has 0 unspecified atom stereocenters. The molecule has 1 aromatic carbocycles. The summed E-state index contributed by atoms with van der Waals surface area (Å²) in [4.78, 5) is 38.2. The van der Waals surface area contributed by atoms with Gasteiger partial charge in [-0.2, -0.15) is 0 Å². The number of imide groups is 2. The van der Waals surface area contributed by atoms with Crippen molar-refractivity contribution in [2.24, 2.45) is 5.41 Å². The molecule has 2 fully saturated rings. The molecule has 4 amide bonds. The summed E-state index contributed by atoms with van der Waals surface area (Å²) in [6.07, 6.45) is 2.60. The highest BCUT2D eigenvalue weighted by Gasteiger charge is 2.55. The summed E-state index contributed by atoms with van der Waals surface area (Å²) >= 11 is 6.07. The lowest BCUT2D eigenvalue weighted by Gasteiger charge is -2.37. The Kier molecular flexibility index (Phi) is 3.24. The Morgan fingerprint density at radius 2 is 1.86 bits per heavy atom. The van der Waals surface area contributed by atoms with E-state index >= 15 is 0 Å². The topological polar surface area (TPSA) is 66.5 Å². The molecule has 1 aromatic rings. The molecule has 1 saturated carbocycles. The standard InChI is InChI=1S/C15H15ClN2O3/c1-9-10(16)5-4-6-11(9)18-13(20)15(7-2-3-8-15)12(19)17-14(18)21/h4-6H,2-3,7-8H2,1H3,(H,17,19,21). The molecule has 110 valence electrons. The maximum atomic E-state index is 12.8. The molecule has 1 spiro atoms. The van der Waals surface area contributed by atoms with Crippen molar-refractivity contribution in [3.63, 3.8) is 0 Å². The summed E-state index contributed by atoms with van der Waals surface area (Å²) in [6, 6.07) is 4.34. The first kappa shape index (κ1) is 14.1. The number of amides is 4. The highest BCUT2D eigenvalue weighted by molar-refractivity contribution is 6.33. The van der Waals surface area contributed by atoms with Crippen LogP contribution < -0.4 is 10.2 Å². The zero-order valence-electron chi connectivity index (χ0n) is 11.6. The number of benzene rings is 1. The second-order valence-corrected chi connectivity index (χ2v) is 5.98. The molecule has 0 radical (unpaired) electrons. The number of halogens is 1.